The van der Waals surface area contributed by atoms with E-state index in [9.17, 15) is 22.0 Å². The van der Waals surface area contributed by atoms with Gasteiger partial charge in [-0.25, -0.2) is 17.5 Å². The highest BCUT2D eigenvalue weighted by atomic mass is 32.2. The molecule has 3 rings (SSSR count). The van der Waals surface area contributed by atoms with Gasteiger partial charge in [-0.3, -0.25) is 9.78 Å². The Kier molecular flexibility index (Phi) is 8.55. The molecule has 0 aliphatic heterocycles. The Labute approximate surface area is 211 Å². The number of ether oxygens (including phenoxy) is 2. The molecule has 0 radical (unpaired) electrons. The molecular weight excluding hydrogens is 492 g/mol. The van der Waals surface area contributed by atoms with Crippen LogP contribution in [-0.2, 0) is 10.0 Å². The van der Waals surface area contributed by atoms with E-state index in [0.29, 0.717) is 30.4 Å². The Morgan fingerprint density at radius 3 is 2.44 bits per heavy atom. The SMILES string of the molecule is CC[C@@H](Oc1ccc(C(=O)NS(=O)(=O)C(C)(C)CN(C)C)c(F)c1F)c1ccc(OCC2CC2)cn1. The molecule has 36 heavy (non-hydrogen) atoms. The van der Waals surface area contributed by atoms with Gasteiger partial charge in [0.2, 0.25) is 15.8 Å². The van der Waals surface area contributed by atoms with Crippen LogP contribution < -0.4 is 14.2 Å². The van der Waals surface area contributed by atoms with Crippen LogP contribution >= 0.6 is 0 Å². The fourth-order valence-electron chi connectivity index (χ4n) is 3.63. The number of nitrogens with one attached hydrogen (secondary N) is 1. The average molecular weight is 526 g/mol. The molecule has 2 aromatic rings. The lowest BCUT2D eigenvalue weighted by molar-refractivity contribution is 0.0974. The molecule has 0 unspecified atom stereocenters. The molecule has 1 aromatic heterocycles. The highest BCUT2D eigenvalue weighted by molar-refractivity contribution is 7.91. The first-order valence-electron chi connectivity index (χ1n) is 11.8. The summed E-state index contributed by atoms with van der Waals surface area (Å²) >= 11 is 0. The summed E-state index contributed by atoms with van der Waals surface area (Å²) < 4.78 is 66.8. The summed E-state index contributed by atoms with van der Waals surface area (Å²) in [4.78, 5) is 18.5. The first kappa shape index (κ1) is 27.8. The summed E-state index contributed by atoms with van der Waals surface area (Å²) in [6.45, 7) is 5.43. The zero-order valence-electron chi connectivity index (χ0n) is 21.2. The van der Waals surface area contributed by atoms with E-state index in [2.05, 4.69) is 4.98 Å². The molecule has 0 spiro atoms. The molecule has 11 heteroatoms. The van der Waals surface area contributed by atoms with E-state index in [1.54, 1.807) is 44.2 Å². The molecule has 1 fully saturated rings. The molecular formula is C25H33F2N3O5S. The van der Waals surface area contributed by atoms with Gasteiger partial charge < -0.3 is 14.4 Å². The van der Waals surface area contributed by atoms with E-state index in [1.807, 2.05) is 4.72 Å². The Bertz CT molecular complexity index is 1180. The molecule has 1 amide bonds. The quantitative estimate of drug-likeness (QED) is 0.446. The Hall–Kier alpha value is -2.79. The van der Waals surface area contributed by atoms with Crippen molar-refractivity contribution < 1.29 is 31.5 Å². The lowest BCUT2D eigenvalue weighted by Gasteiger charge is -2.28. The zero-order valence-corrected chi connectivity index (χ0v) is 22.0. The van der Waals surface area contributed by atoms with Crippen LogP contribution in [0.4, 0.5) is 8.78 Å². The number of pyridine rings is 1. The van der Waals surface area contributed by atoms with Crippen molar-refractivity contribution in [1.82, 2.24) is 14.6 Å². The maximum Gasteiger partial charge on any atom is 0.267 e. The second-order valence-electron chi connectivity index (χ2n) is 9.86. The van der Waals surface area contributed by atoms with Gasteiger partial charge in [0.15, 0.2) is 11.6 Å². The fourth-order valence-corrected chi connectivity index (χ4v) is 4.69. The molecule has 1 aliphatic carbocycles. The number of sulfonamides is 1. The van der Waals surface area contributed by atoms with E-state index in [0.717, 1.165) is 12.1 Å². The Morgan fingerprint density at radius 1 is 1.19 bits per heavy atom. The van der Waals surface area contributed by atoms with E-state index >= 15 is 0 Å². The van der Waals surface area contributed by atoms with Crippen LogP contribution in [0.2, 0.25) is 0 Å². The van der Waals surface area contributed by atoms with Gasteiger partial charge in [-0.05, 0) is 77.4 Å². The predicted octanol–water partition coefficient (Wildman–Crippen LogP) is 4.08. The van der Waals surface area contributed by atoms with E-state index in [-0.39, 0.29) is 6.54 Å². The molecule has 1 saturated carbocycles. The molecule has 1 aromatic carbocycles. The van der Waals surface area contributed by atoms with Crippen LogP contribution in [0.5, 0.6) is 11.5 Å². The van der Waals surface area contributed by atoms with Crippen molar-refractivity contribution in [3.8, 4) is 11.5 Å². The minimum Gasteiger partial charge on any atom is -0.492 e. The van der Waals surface area contributed by atoms with Crippen molar-refractivity contribution in [3.05, 3.63) is 53.4 Å². The molecule has 1 heterocycles. The number of aromatic nitrogens is 1. The van der Waals surface area contributed by atoms with Gasteiger partial charge in [0.05, 0.1) is 28.8 Å². The minimum absolute atomic E-state index is 0.110. The maximum absolute atomic E-state index is 14.8. The molecule has 0 saturated heterocycles. The highest BCUT2D eigenvalue weighted by Crippen LogP contribution is 2.31. The number of hydrogen-bond donors (Lipinski definition) is 1. The molecule has 0 bridgehead atoms. The monoisotopic (exact) mass is 525 g/mol. The summed E-state index contributed by atoms with van der Waals surface area (Å²) in [5.41, 5.74) is -0.237. The van der Waals surface area contributed by atoms with Crippen molar-refractivity contribution in [2.24, 2.45) is 5.92 Å². The van der Waals surface area contributed by atoms with Crippen molar-refractivity contribution >= 4 is 15.9 Å². The molecule has 198 valence electrons. The van der Waals surface area contributed by atoms with Crippen LogP contribution in [0.1, 0.15) is 62.2 Å². The van der Waals surface area contributed by atoms with E-state index in [4.69, 9.17) is 9.47 Å². The van der Waals surface area contributed by atoms with Crippen molar-refractivity contribution in [3.63, 3.8) is 0 Å². The lowest BCUT2D eigenvalue weighted by Crippen LogP contribution is -2.49. The highest BCUT2D eigenvalue weighted by Gasteiger charge is 2.37. The Balaban J connectivity index is 1.72. The maximum atomic E-state index is 14.8. The largest absolute Gasteiger partial charge is 0.492 e. The Morgan fingerprint density at radius 2 is 1.89 bits per heavy atom. The number of nitrogens with zero attached hydrogens (tertiary/aromatic N) is 2. The second kappa shape index (κ2) is 11.1. The standard InChI is InChI=1S/C25H33F2N3O5S/c1-6-20(19-11-9-17(13-28-19)34-14-16-7-8-16)35-21-12-10-18(22(26)23(21)27)24(31)29-36(32,33)25(2,3)15-30(4)5/h9-13,16,20H,6-8,14-15H2,1-5H3,(H,29,31)/t20-/m1/s1. The predicted molar refractivity (Wildman–Crippen MR) is 131 cm³/mol. The summed E-state index contributed by atoms with van der Waals surface area (Å²) in [7, 11) is -0.823. The average Bonchev–Trinajstić information content (AvgIpc) is 3.62. The van der Waals surface area contributed by atoms with Crippen LogP contribution in [0.15, 0.2) is 30.5 Å². The van der Waals surface area contributed by atoms with Crippen molar-refractivity contribution in [2.45, 2.75) is 50.9 Å². The van der Waals surface area contributed by atoms with Gasteiger partial charge in [0, 0.05) is 6.54 Å². The topological polar surface area (TPSA) is 97.8 Å². The van der Waals surface area contributed by atoms with E-state index < -0.39 is 49.7 Å². The number of benzene rings is 1. The van der Waals surface area contributed by atoms with Gasteiger partial charge in [-0.1, -0.05) is 6.92 Å². The molecule has 1 aliphatic rings. The minimum atomic E-state index is -4.19. The van der Waals surface area contributed by atoms with Crippen molar-refractivity contribution in [2.75, 3.05) is 27.2 Å². The number of carbonyl (C=O) groups is 1. The normalized spacial score (nSPS) is 15.0. The summed E-state index contributed by atoms with van der Waals surface area (Å²) in [6, 6.07) is 5.54. The molecule has 1 atom stereocenters. The van der Waals surface area contributed by atoms with Gasteiger partial charge in [-0.2, -0.15) is 4.39 Å². The van der Waals surface area contributed by atoms with Crippen molar-refractivity contribution in [1.29, 1.82) is 0 Å². The lowest BCUT2D eigenvalue weighted by atomic mass is 10.1. The van der Waals surface area contributed by atoms with E-state index in [1.165, 1.54) is 26.7 Å². The number of carbonyl (C=O) groups excluding carboxylic acids is 1. The van der Waals surface area contributed by atoms with Crippen LogP contribution in [0.25, 0.3) is 0 Å². The summed E-state index contributed by atoms with van der Waals surface area (Å²) in [6.07, 6.45) is 3.64. The number of halogens is 2. The number of rotatable bonds is 12. The van der Waals surface area contributed by atoms with Crippen LogP contribution in [-0.4, -0.2) is 56.2 Å². The third-order valence-corrected chi connectivity index (χ3v) is 7.89. The van der Waals surface area contributed by atoms with Crippen LogP contribution in [0, 0.1) is 17.6 Å². The smallest absolute Gasteiger partial charge is 0.267 e. The first-order chi connectivity index (χ1) is 16.8. The first-order valence-corrected chi connectivity index (χ1v) is 13.3. The summed E-state index contributed by atoms with van der Waals surface area (Å²) in [5.74, 6) is -3.35. The third kappa shape index (κ3) is 6.70. The number of amides is 1. The summed E-state index contributed by atoms with van der Waals surface area (Å²) in [5, 5.41) is 0. The van der Waals surface area contributed by atoms with Crippen LogP contribution in [0.3, 0.4) is 0 Å². The second-order valence-corrected chi connectivity index (χ2v) is 12.2. The van der Waals surface area contributed by atoms with Gasteiger partial charge in [-0.15, -0.1) is 0 Å². The third-order valence-electron chi connectivity index (χ3n) is 5.85. The fraction of sp³-hybridized carbons (Fsp3) is 0.520. The van der Waals surface area contributed by atoms with Gasteiger partial charge in [0.25, 0.3) is 5.91 Å². The molecule has 1 N–H and O–H groups in total. The van der Waals surface area contributed by atoms with Gasteiger partial charge in [0.1, 0.15) is 11.9 Å². The van der Waals surface area contributed by atoms with Gasteiger partial charge >= 0.3 is 0 Å². The molecule has 8 nitrogen and oxygen atoms in total. The number of hydrogen-bond acceptors (Lipinski definition) is 7. The zero-order chi connectivity index (χ0) is 26.7.